The first-order valence-corrected chi connectivity index (χ1v) is 9.78. The van der Waals surface area contributed by atoms with Crippen molar-refractivity contribution >= 4 is 11.7 Å². The molecule has 1 atom stereocenters. The van der Waals surface area contributed by atoms with E-state index in [4.69, 9.17) is 0 Å². The zero-order chi connectivity index (χ0) is 20.6. The second-order valence-electron chi connectivity index (χ2n) is 7.06. The fraction of sp³-hybridized carbons (Fsp3) is 0.318. The van der Waals surface area contributed by atoms with Crippen LogP contribution < -0.4 is 10.2 Å². The van der Waals surface area contributed by atoms with Crippen LogP contribution in [0, 0.1) is 0 Å². The van der Waals surface area contributed by atoms with Crippen molar-refractivity contribution in [1.82, 2.24) is 25.0 Å². The minimum atomic E-state index is -0.0692. The van der Waals surface area contributed by atoms with Crippen LogP contribution in [0.3, 0.4) is 0 Å². The number of carbonyl (C=O) groups is 1. The highest BCUT2D eigenvalue weighted by molar-refractivity contribution is 5.74. The molecule has 0 radical (unpaired) electrons. The average Bonchev–Trinajstić information content (AvgIpc) is 3.31. The zero-order valence-corrected chi connectivity index (χ0v) is 17.2. The molecule has 0 aliphatic carbocycles. The van der Waals surface area contributed by atoms with Crippen molar-refractivity contribution in [3.8, 4) is 5.69 Å². The van der Waals surface area contributed by atoms with E-state index in [1.165, 1.54) is 12.0 Å². The van der Waals surface area contributed by atoms with E-state index in [0.29, 0.717) is 6.54 Å². The van der Waals surface area contributed by atoms with E-state index < -0.39 is 0 Å². The molecule has 152 valence electrons. The standard InChI is InChI=1S/C22H28N6O/c1-18(19-10-12-21(13-11-19)28-17-23-16-25-28)27(3)22(29)24-14-7-15-26(2)20-8-5-4-6-9-20/h4-6,8-13,16-18H,7,14-15H2,1-3H3,(H,24,29)/t18-/m1/s1. The zero-order valence-electron chi connectivity index (χ0n) is 17.2. The Hall–Kier alpha value is -3.35. The molecule has 0 aliphatic heterocycles. The average molecular weight is 393 g/mol. The molecule has 3 aromatic rings. The summed E-state index contributed by atoms with van der Waals surface area (Å²) < 4.78 is 1.71. The minimum absolute atomic E-state index is 0.0354. The van der Waals surface area contributed by atoms with E-state index in [1.807, 2.05) is 56.4 Å². The van der Waals surface area contributed by atoms with Crippen molar-refractivity contribution in [3.05, 3.63) is 72.8 Å². The molecular weight excluding hydrogens is 364 g/mol. The number of rotatable bonds is 8. The van der Waals surface area contributed by atoms with E-state index in [0.717, 1.165) is 24.2 Å². The Labute approximate surface area is 172 Å². The van der Waals surface area contributed by atoms with Gasteiger partial charge in [0.25, 0.3) is 0 Å². The number of hydrogen-bond acceptors (Lipinski definition) is 4. The van der Waals surface area contributed by atoms with E-state index in [9.17, 15) is 4.79 Å². The minimum Gasteiger partial charge on any atom is -0.375 e. The Kier molecular flexibility index (Phi) is 6.84. The Morgan fingerprint density at radius 3 is 2.48 bits per heavy atom. The van der Waals surface area contributed by atoms with Gasteiger partial charge in [-0.25, -0.2) is 14.5 Å². The number of benzene rings is 2. The lowest BCUT2D eigenvalue weighted by Gasteiger charge is -2.26. The molecule has 7 nitrogen and oxygen atoms in total. The van der Waals surface area contributed by atoms with Crippen LogP contribution in [0.2, 0.25) is 0 Å². The normalized spacial score (nSPS) is 11.7. The molecule has 2 amide bonds. The summed E-state index contributed by atoms with van der Waals surface area (Å²) in [6.45, 7) is 3.54. The highest BCUT2D eigenvalue weighted by Gasteiger charge is 2.17. The maximum atomic E-state index is 12.5. The van der Waals surface area contributed by atoms with Gasteiger partial charge < -0.3 is 15.1 Å². The third-order valence-corrected chi connectivity index (χ3v) is 5.10. The van der Waals surface area contributed by atoms with Crippen LogP contribution in [0.15, 0.2) is 67.3 Å². The number of para-hydroxylation sites is 1. The summed E-state index contributed by atoms with van der Waals surface area (Å²) in [4.78, 5) is 20.4. The van der Waals surface area contributed by atoms with Crippen molar-refractivity contribution in [3.63, 3.8) is 0 Å². The third-order valence-electron chi connectivity index (χ3n) is 5.10. The Morgan fingerprint density at radius 1 is 1.10 bits per heavy atom. The molecule has 0 saturated heterocycles. The maximum Gasteiger partial charge on any atom is 0.317 e. The number of nitrogens with one attached hydrogen (secondary N) is 1. The smallest absolute Gasteiger partial charge is 0.317 e. The van der Waals surface area contributed by atoms with Crippen LogP contribution in [0.4, 0.5) is 10.5 Å². The molecule has 3 rings (SSSR count). The van der Waals surface area contributed by atoms with E-state index in [2.05, 4.69) is 39.5 Å². The van der Waals surface area contributed by atoms with Gasteiger partial charge in [-0.3, -0.25) is 0 Å². The molecule has 0 spiro atoms. The summed E-state index contributed by atoms with van der Waals surface area (Å²) in [7, 11) is 3.88. The van der Waals surface area contributed by atoms with Crippen molar-refractivity contribution in [2.24, 2.45) is 0 Å². The van der Waals surface area contributed by atoms with Gasteiger partial charge in [0.15, 0.2) is 0 Å². The largest absolute Gasteiger partial charge is 0.375 e. The summed E-state index contributed by atoms with van der Waals surface area (Å²) in [6, 6.07) is 18.1. The molecule has 7 heteroatoms. The summed E-state index contributed by atoms with van der Waals surface area (Å²) in [5.41, 5.74) is 3.18. The van der Waals surface area contributed by atoms with E-state index in [1.54, 1.807) is 15.9 Å². The highest BCUT2D eigenvalue weighted by Crippen LogP contribution is 2.20. The van der Waals surface area contributed by atoms with Crippen LogP contribution >= 0.6 is 0 Å². The number of nitrogens with zero attached hydrogens (tertiary/aromatic N) is 5. The quantitative estimate of drug-likeness (QED) is 0.596. The van der Waals surface area contributed by atoms with Crippen LogP contribution in [0.1, 0.15) is 24.9 Å². The third kappa shape index (κ3) is 5.34. The van der Waals surface area contributed by atoms with Gasteiger partial charge in [0, 0.05) is 32.9 Å². The molecule has 1 N–H and O–H groups in total. The molecule has 0 saturated carbocycles. The number of urea groups is 1. The number of aromatic nitrogens is 3. The van der Waals surface area contributed by atoms with Gasteiger partial charge in [-0.05, 0) is 43.2 Å². The van der Waals surface area contributed by atoms with Gasteiger partial charge in [0.1, 0.15) is 12.7 Å². The van der Waals surface area contributed by atoms with Gasteiger partial charge in [-0.2, -0.15) is 5.10 Å². The fourth-order valence-corrected chi connectivity index (χ4v) is 3.09. The maximum absolute atomic E-state index is 12.5. The first-order valence-electron chi connectivity index (χ1n) is 9.78. The van der Waals surface area contributed by atoms with Gasteiger partial charge in [0.05, 0.1) is 11.7 Å². The summed E-state index contributed by atoms with van der Waals surface area (Å²) in [6.07, 6.45) is 4.05. The molecule has 0 aliphatic rings. The van der Waals surface area contributed by atoms with E-state index in [-0.39, 0.29) is 12.1 Å². The number of anilines is 1. The number of carbonyl (C=O) groups excluding carboxylic acids is 1. The second kappa shape index (κ2) is 9.73. The second-order valence-corrected chi connectivity index (χ2v) is 7.06. The van der Waals surface area contributed by atoms with Gasteiger partial charge >= 0.3 is 6.03 Å². The van der Waals surface area contributed by atoms with Gasteiger partial charge in [0.2, 0.25) is 0 Å². The molecule has 1 heterocycles. The summed E-state index contributed by atoms with van der Waals surface area (Å²) in [5.74, 6) is 0. The van der Waals surface area contributed by atoms with Crippen LogP contribution in [0.5, 0.6) is 0 Å². The lowest BCUT2D eigenvalue weighted by Crippen LogP contribution is -2.39. The lowest BCUT2D eigenvalue weighted by molar-refractivity contribution is 0.194. The van der Waals surface area contributed by atoms with E-state index >= 15 is 0 Å². The SMILES string of the molecule is C[C@H](c1ccc(-n2cncn2)cc1)N(C)C(=O)NCCCN(C)c1ccccc1. The summed E-state index contributed by atoms with van der Waals surface area (Å²) in [5, 5.41) is 7.14. The molecule has 1 aromatic heterocycles. The molecule has 29 heavy (non-hydrogen) atoms. The summed E-state index contributed by atoms with van der Waals surface area (Å²) >= 11 is 0. The molecular formula is C22H28N6O. The van der Waals surface area contributed by atoms with Gasteiger partial charge in [-0.1, -0.05) is 30.3 Å². The lowest BCUT2D eigenvalue weighted by atomic mass is 10.1. The van der Waals surface area contributed by atoms with Crippen LogP contribution in [-0.2, 0) is 0 Å². The first-order chi connectivity index (χ1) is 14.1. The van der Waals surface area contributed by atoms with Crippen LogP contribution in [0.25, 0.3) is 5.69 Å². The fourth-order valence-electron chi connectivity index (χ4n) is 3.09. The number of hydrogen-bond donors (Lipinski definition) is 1. The van der Waals surface area contributed by atoms with Crippen molar-refractivity contribution in [1.29, 1.82) is 0 Å². The Balaban J connectivity index is 1.45. The molecule has 0 fully saturated rings. The molecule has 0 bridgehead atoms. The van der Waals surface area contributed by atoms with Gasteiger partial charge in [-0.15, -0.1) is 0 Å². The van der Waals surface area contributed by atoms with Crippen molar-refractivity contribution < 1.29 is 4.79 Å². The van der Waals surface area contributed by atoms with Crippen LogP contribution in [-0.4, -0.2) is 52.9 Å². The van der Waals surface area contributed by atoms with Crippen molar-refractivity contribution in [2.45, 2.75) is 19.4 Å². The highest BCUT2D eigenvalue weighted by atomic mass is 16.2. The topological polar surface area (TPSA) is 66.3 Å². The van der Waals surface area contributed by atoms with Crippen molar-refractivity contribution in [2.75, 3.05) is 32.1 Å². The predicted molar refractivity (Wildman–Crippen MR) is 115 cm³/mol. The molecule has 2 aromatic carbocycles. The number of amides is 2. The predicted octanol–water partition coefficient (Wildman–Crippen LogP) is 3.50. The monoisotopic (exact) mass is 392 g/mol. The Morgan fingerprint density at radius 2 is 1.83 bits per heavy atom. The Bertz CT molecular complexity index is 879. The molecule has 0 unspecified atom stereocenters. The first kappa shape index (κ1) is 20.4.